The highest BCUT2D eigenvalue weighted by molar-refractivity contribution is 6.33. The van der Waals surface area contributed by atoms with E-state index in [-0.39, 0.29) is 5.91 Å². The number of allylic oxidation sites excluding steroid dienone is 2. The fourth-order valence-corrected chi connectivity index (χ4v) is 3.09. The lowest BCUT2D eigenvalue weighted by molar-refractivity contribution is 0.0953. The number of nitrogens with zero attached hydrogens (tertiary/aromatic N) is 3. The Labute approximate surface area is 165 Å². The molecule has 1 aliphatic heterocycles. The van der Waals surface area contributed by atoms with Crippen molar-refractivity contribution in [2.24, 2.45) is 0 Å². The highest BCUT2D eigenvalue weighted by Crippen LogP contribution is 2.26. The first kappa shape index (κ1) is 17.9. The molecule has 8 nitrogen and oxygen atoms in total. The maximum Gasteiger partial charge on any atom is 0.277 e. The van der Waals surface area contributed by atoms with E-state index in [9.17, 15) is 4.79 Å². The molecule has 0 unspecified atom stereocenters. The first-order valence-corrected chi connectivity index (χ1v) is 8.85. The number of aromatic nitrogens is 3. The second-order valence-corrected chi connectivity index (χ2v) is 6.44. The van der Waals surface area contributed by atoms with Crippen LogP contribution in [0.4, 0.5) is 0 Å². The van der Waals surface area contributed by atoms with Gasteiger partial charge in [-0.15, -0.1) is 0 Å². The van der Waals surface area contributed by atoms with E-state index in [0.717, 1.165) is 5.56 Å². The molecule has 0 saturated carbocycles. The first-order valence-electron chi connectivity index (χ1n) is 8.47. The number of ether oxygens (including phenoxy) is 1. The molecule has 0 atom stereocenters. The van der Waals surface area contributed by atoms with Crippen molar-refractivity contribution >= 4 is 23.2 Å². The molecule has 0 spiro atoms. The Balaban J connectivity index is 1.71. The van der Waals surface area contributed by atoms with Crippen molar-refractivity contribution in [3.8, 4) is 11.3 Å². The maximum atomic E-state index is 12.9. The summed E-state index contributed by atoms with van der Waals surface area (Å²) in [6.07, 6.45) is 3.38. The Morgan fingerprint density at radius 2 is 2.00 bits per heavy atom. The average Bonchev–Trinajstić information content (AvgIpc) is 3.04. The molecule has 28 heavy (non-hydrogen) atoms. The molecule has 9 heteroatoms. The number of aryl methyl sites for hydroxylation is 1. The van der Waals surface area contributed by atoms with Crippen LogP contribution in [0.25, 0.3) is 16.9 Å². The highest BCUT2D eigenvalue weighted by Gasteiger charge is 2.20. The number of nitrogens with one attached hydrogen (secondary N) is 3. The van der Waals surface area contributed by atoms with Gasteiger partial charge in [-0.05, 0) is 31.2 Å². The van der Waals surface area contributed by atoms with Gasteiger partial charge in [0.1, 0.15) is 5.82 Å². The summed E-state index contributed by atoms with van der Waals surface area (Å²) >= 11 is 6.29. The summed E-state index contributed by atoms with van der Waals surface area (Å²) in [5.41, 5.74) is 8.56. The van der Waals surface area contributed by atoms with Crippen LogP contribution in [0, 0.1) is 6.92 Å². The zero-order valence-electron chi connectivity index (χ0n) is 15.2. The third-order valence-corrected chi connectivity index (χ3v) is 4.54. The molecule has 1 amide bonds. The second kappa shape index (κ2) is 7.24. The summed E-state index contributed by atoms with van der Waals surface area (Å²) in [7, 11) is 1.54. The molecule has 1 aromatic carbocycles. The van der Waals surface area contributed by atoms with Gasteiger partial charge in [-0.2, -0.15) is 5.10 Å². The van der Waals surface area contributed by atoms with Crippen molar-refractivity contribution in [2.75, 3.05) is 7.11 Å². The number of benzene rings is 1. The lowest BCUT2D eigenvalue weighted by Crippen LogP contribution is -2.41. The summed E-state index contributed by atoms with van der Waals surface area (Å²) in [5, 5.41) is 7.96. The Kier molecular flexibility index (Phi) is 4.62. The van der Waals surface area contributed by atoms with Gasteiger partial charge in [-0.3, -0.25) is 15.6 Å². The minimum absolute atomic E-state index is 0.341. The Hall–Kier alpha value is -3.52. The number of carbonyl (C=O) groups is 1. The van der Waals surface area contributed by atoms with Crippen LogP contribution < -0.4 is 16.2 Å². The van der Waals surface area contributed by atoms with Crippen LogP contribution >= 0.6 is 11.6 Å². The van der Waals surface area contributed by atoms with Crippen molar-refractivity contribution in [2.45, 2.75) is 6.92 Å². The van der Waals surface area contributed by atoms with E-state index in [1.807, 2.05) is 30.3 Å². The van der Waals surface area contributed by atoms with Crippen molar-refractivity contribution in [1.29, 1.82) is 0 Å². The van der Waals surface area contributed by atoms with Gasteiger partial charge in [0.15, 0.2) is 11.3 Å². The van der Waals surface area contributed by atoms with E-state index < -0.39 is 0 Å². The molecular formula is C19H17ClN6O2. The van der Waals surface area contributed by atoms with Crippen molar-refractivity contribution in [3.63, 3.8) is 0 Å². The number of hydrazine groups is 1. The molecule has 1 aliphatic rings. The van der Waals surface area contributed by atoms with Crippen molar-refractivity contribution in [1.82, 2.24) is 30.8 Å². The summed E-state index contributed by atoms with van der Waals surface area (Å²) in [4.78, 5) is 17.3. The quantitative estimate of drug-likeness (QED) is 0.627. The average molecular weight is 397 g/mol. The van der Waals surface area contributed by atoms with Crippen molar-refractivity contribution < 1.29 is 9.53 Å². The van der Waals surface area contributed by atoms with Gasteiger partial charge in [-0.25, -0.2) is 9.50 Å². The van der Waals surface area contributed by atoms with E-state index in [0.29, 0.717) is 39.5 Å². The van der Waals surface area contributed by atoms with Gasteiger partial charge in [0.2, 0.25) is 5.88 Å². The van der Waals surface area contributed by atoms with Crippen LogP contribution in [-0.4, -0.2) is 27.6 Å². The minimum Gasteiger partial charge on any atom is -0.481 e. The topological polar surface area (TPSA) is 92.6 Å². The maximum absolute atomic E-state index is 12.9. The van der Waals surface area contributed by atoms with Gasteiger partial charge in [0.05, 0.1) is 23.5 Å². The lowest BCUT2D eigenvalue weighted by atomic mass is 10.1. The fourth-order valence-electron chi connectivity index (χ4n) is 2.86. The molecule has 4 rings (SSSR count). The Bertz CT molecular complexity index is 1130. The molecule has 3 N–H and O–H groups in total. The van der Waals surface area contributed by atoms with E-state index in [1.54, 1.807) is 32.3 Å². The third-order valence-electron chi connectivity index (χ3n) is 4.21. The molecule has 0 fully saturated rings. The molecule has 0 bridgehead atoms. The molecule has 3 aromatic rings. The van der Waals surface area contributed by atoms with Crippen molar-refractivity contribution in [3.05, 3.63) is 76.7 Å². The molecular weight excluding hydrogens is 380 g/mol. The van der Waals surface area contributed by atoms with Crippen LogP contribution in [0.1, 0.15) is 16.2 Å². The highest BCUT2D eigenvalue weighted by atomic mass is 35.5. The molecule has 0 radical (unpaired) electrons. The standard InChI is InChI=1S/C19H17ClN6O2/c1-11-18(19(27)22-15-8-10-17(28-2)24-23-15)26-16(21-11)9-7-14(25-26)12-5-3-4-6-13(12)20/h3-10,23-24H,1-2H3,(H,22,27). The van der Waals surface area contributed by atoms with Crippen LogP contribution in [0.15, 0.2) is 60.3 Å². The summed E-state index contributed by atoms with van der Waals surface area (Å²) in [5.74, 6) is 0.668. The molecule has 0 saturated heterocycles. The van der Waals surface area contributed by atoms with Crippen LogP contribution in [0.2, 0.25) is 5.02 Å². The van der Waals surface area contributed by atoms with E-state index >= 15 is 0 Å². The zero-order valence-corrected chi connectivity index (χ0v) is 15.9. The number of amides is 1. The molecule has 3 heterocycles. The zero-order chi connectivity index (χ0) is 19.7. The molecule has 2 aromatic heterocycles. The number of hydrogen-bond donors (Lipinski definition) is 3. The van der Waals surface area contributed by atoms with E-state index in [1.165, 1.54) is 4.52 Å². The number of carbonyl (C=O) groups excluding carboxylic acids is 1. The normalized spacial score (nSPS) is 13.2. The second-order valence-electron chi connectivity index (χ2n) is 6.03. The SMILES string of the molecule is COC1=CC=C(NC(=O)c2c(C)nc3ccc(-c4ccccc4Cl)nn23)NN1. The largest absolute Gasteiger partial charge is 0.481 e. The predicted octanol–water partition coefficient (Wildman–Crippen LogP) is 2.52. The Morgan fingerprint density at radius 3 is 2.71 bits per heavy atom. The van der Waals surface area contributed by atoms with Gasteiger partial charge in [0, 0.05) is 11.6 Å². The van der Waals surface area contributed by atoms with Crippen LogP contribution in [0.3, 0.4) is 0 Å². The van der Waals surface area contributed by atoms with Gasteiger partial charge < -0.3 is 10.1 Å². The number of rotatable bonds is 4. The summed E-state index contributed by atoms with van der Waals surface area (Å²) in [6.45, 7) is 1.77. The monoisotopic (exact) mass is 396 g/mol. The minimum atomic E-state index is -0.344. The summed E-state index contributed by atoms with van der Waals surface area (Å²) in [6, 6.07) is 11.1. The van der Waals surface area contributed by atoms with Gasteiger partial charge in [-0.1, -0.05) is 29.8 Å². The van der Waals surface area contributed by atoms with Crippen LogP contribution in [-0.2, 0) is 4.74 Å². The van der Waals surface area contributed by atoms with E-state index in [4.69, 9.17) is 16.3 Å². The predicted molar refractivity (Wildman–Crippen MR) is 105 cm³/mol. The van der Waals surface area contributed by atoms with E-state index in [2.05, 4.69) is 26.3 Å². The number of methoxy groups -OCH3 is 1. The third kappa shape index (κ3) is 3.25. The van der Waals surface area contributed by atoms with Gasteiger partial charge >= 0.3 is 0 Å². The molecule has 142 valence electrons. The molecule has 0 aliphatic carbocycles. The number of halogens is 1. The Morgan fingerprint density at radius 1 is 1.18 bits per heavy atom. The number of fused-ring (bicyclic) bond motifs is 1. The van der Waals surface area contributed by atoms with Gasteiger partial charge in [0.25, 0.3) is 5.91 Å². The fraction of sp³-hybridized carbons (Fsp3) is 0.105. The summed E-state index contributed by atoms with van der Waals surface area (Å²) < 4.78 is 6.58. The smallest absolute Gasteiger partial charge is 0.277 e. The first-order chi connectivity index (χ1) is 13.6. The number of hydrogen-bond acceptors (Lipinski definition) is 6. The lowest BCUT2D eigenvalue weighted by Gasteiger charge is -2.18. The number of imidazole rings is 1. The van der Waals surface area contributed by atoms with Crippen LogP contribution in [0.5, 0.6) is 0 Å².